The molecule has 5 heteroatoms. The second-order valence-corrected chi connectivity index (χ2v) is 5.74. The molecule has 0 fully saturated rings. The molecule has 0 aliphatic heterocycles. The van der Waals surface area contributed by atoms with E-state index in [0.717, 1.165) is 0 Å². The van der Waals surface area contributed by atoms with E-state index >= 15 is 0 Å². The van der Waals surface area contributed by atoms with Crippen molar-refractivity contribution in [2.75, 3.05) is 6.16 Å². The third-order valence-electron chi connectivity index (χ3n) is 1.91. The van der Waals surface area contributed by atoms with E-state index in [-0.39, 0.29) is 17.0 Å². The van der Waals surface area contributed by atoms with Gasteiger partial charge in [0.2, 0.25) is 7.37 Å². The molecule has 0 amide bonds. The maximum absolute atomic E-state index is 11.6. The number of carbonyl (C=O) groups excluding carboxylic acids is 1. The van der Waals surface area contributed by atoms with Crippen LogP contribution in [0.1, 0.15) is 17.3 Å². The number of halogens is 1. The first-order valence-corrected chi connectivity index (χ1v) is 6.32. The highest BCUT2D eigenvalue weighted by Gasteiger charge is 2.19. The lowest BCUT2D eigenvalue weighted by atomic mass is 10.2. The molecule has 3 nitrogen and oxygen atoms in total. The van der Waals surface area contributed by atoms with Crippen molar-refractivity contribution in [3.63, 3.8) is 0 Å². The zero-order valence-electron chi connectivity index (χ0n) is 7.61. The van der Waals surface area contributed by atoms with E-state index in [2.05, 4.69) is 0 Å². The summed E-state index contributed by atoms with van der Waals surface area (Å²) in [6.07, 6.45) is 0.146. The Morgan fingerprint density at radius 1 is 1.57 bits per heavy atom. The molecular weight excluding hydrogens is 223 g/mol. The zero-order valence-corrected chi connectivity index (χ0v) is 9.26. The molecule has 0 aliphatic carbocycles. The van der Waals surface area contributed by atoms with E-state index in [1.54, 1.807) is 13.0 Å². The van der Waals surface area contributed by atoms with Crippen molar-refractivity contribution >= 4 is 29.5 Å². The molecule has 0 spiro atoms. The predicted octanol–water partition coefficient (Wildman–Crippen LogP) is 1.98. The normalized spacial score (nSPS) is 14.8. The highest BCUT2D eigenvalue weighted by atomic mass is 35.5. The first-order chi connectivity index (χ1) is 6.47. The van der Waals surface area contributed by atoms with Gasteiger partial charge in [0.05, 0.1) is 0 Å². The molecular formula is C9H10ClO3P. The number of benzene rings is 1. The standard InChI is InChI=1S/C9H10ClO3P/c1-2-14(12,13)8-5-3-4-7(6-8)9(10)11/h3-6H,2H2,1H3,(H,12,13). The summed E-state index contributed by atoms with van der Waals surface area (Å²) in [6, 6.07) is 5.94. The summed E-state index contributed by atoms with van der Waals surface area (Å²) in [5, 5.41) is -0.352. The lowest BCUT2D eigenvalue weighted by Crippen LogP contribution is -2.07. The Morgan fingerprint density at radius 3 is 2.71 bits per heavy atom. The summed E-state index contributed by atoms with van der Waals surface area (Å²) in [6.45, 7) is 1.62. The largest absolute Gasteiger partial charge is 0.341 e. The molecule has 76 valence electrons. The van der Waals surface area contributed by atoms with E-state index < -0.39 is 12.6 Å². The molecule has 1 unspecified atom stereocenters. The van der Waals surface area contributed by atoms with E-state index in [1.165, 1.54) is 18.2 Å². The van der Waals surface area contributed by atoms with Crippen LogP contribution in [0.15, 0.2) is 24.3 Å². The van der Waals surface area contributed by atoms with E-state index in [0.29, 0.717) is 0 Å². The molecule has 0 bridgehead atoms. The molecule has 0 heterocycles. The van der Waals surface area contributed by atoms with Gasteiger partial charge in [0.1, 0.15) is 0 Å². The van der Waals surface area contributed by atoms with Crippen LogP contribution in [0, 0.1) is 0 Å². The first kappa shape index (κ1) is 11.4. The third-order valence-corrected chi connectivity index (χ3v) is 4.07. The van der Waals surface area contributed by atoms with Crippen LogP contribution in [-0.4, -0.2) is 16.3 Å². The minimum atomic E-state index is -3.30. The van der Waals surface area contributed by atoms with Crippen molar-refractivity contribution < 1.29 is 14.3 Å². The van der Waals surface area contributed by atoms with Crippen LogP contribution >= 0.6 is 19.0 Å². The van der Waals surface area contributed by atoms with Crippen molar-refractivity contribution in [3.05, 3.63) is 29.8 Å². The molecule has 0 saturated carbocycles. The Balaban J connectivity index is 3.19. The van der Waals surface area contributed by atoms with Gasteiger partial charge in [-0.2, -0.15) is 0 Å². The smallest absolute Gasteiger partial charge is 0.252 e. The van der Waals surface area contributed by atoms with Crippen LogP contribution < -0.4 is 5.30 Å². The predicted molar refractivity (Wildman–Crippen MR) is 56.6 cm³/mol. The maximum Gasteiger partial charge on any atom is 0.252 e. The van der Waals surface area contributed by atoms with Gasteiger partial charge in [-0.25, -0.2) is 0 Å². The second kappa shape index (κ2) is 4.26. The molecule has 0 aliphatic rings. The molecule has 0 aromatic heterocycles. The Bertz CT molecular complexity index is 403. The highest BCUT2D eigenvalue weighted by Crippen LogP contribution is 2.38. The maximum atomic E-state index is 11.6. The molecule has 1 rings (SSSR count). The molecule has 14 heavy (non-hydrogen) atoms. The van der Waals surface area contributed by atoms with Crippen molar-refractivity contribution in [1.82, 2.24) is 0 Å². The Labute approximate surface area is 87.2 Å². The van der Waals surface area contributed by atoms with Crippen molar-refractivity contribution in [2.45, 2.75) is 6.92 Å². The van der Waals surface area contributed by atoms with Crippen LogP contribution in [0.25, 0.3) is 0 Å². The van der Waals surface area contributed by atoms with E-state index in [4.69, 9.17) is 11.6 Å². The van der Waals surface area contributed by atoms with Crippen molar-refractivity contribution in [2.24, 2.45) is 0 Å². The van der Waals surface area contributed by atoms with Gasteiger partial charge in [-0.15, -0.1) is 0 Å². The molecule has 1 aromatic carbocycles. The summed E-state index contributed by atoms with van der Waals surface area (Å²) < 4.78 is 11.6. The Hall–Kier alpha value is -0.630. The summed E-state index contributed by atoms with van der Waals surface area (Å²) in [5.74, 6) is 0. The average molecular weight is 233 g/mol. The van der Waals surface area contributed by atoms with E-state index in [9.17, 15) is 14.3 Å². The minimum absolute atomic E-state index is 0.146. The fourth-order valence-corrected chi connectivity index (χ4v) is 2.17. The number of carbonyl (C=O) groups is 1. The molecule has 1 N–H and O–H groups in total. The van der Waals surface area contributed by atoms with Crippen LogP contribution in [0.3, 0.4) is 0 Å². The zero-order chi connectivity index (χ0) is 10.8. The summed E-state index contributed by atoms with van der Waals surface area (Å²) >= 11 is 5.26. The van der Waals surface area contributed by atoms with Crippen LogP contribution in [-0.2, 0) is 4.57 Å². The second-order valence-electron chi connectivity index (χ2n) is 2.84. The Morgan fingerprint density at radius 2 is 2.21 bits per heavy atom. The van der Waals surface area contributed by atoms with Gasteiger partial charge in [-0.3, -0.25) is 9.36 Å². The molecule has 0 radical (unpaired) electrons. The quantitative estimate of drug-likeness (QED) is 0.640. The monoisotopic (exact) mass is 232 g/mol. The average Bonchev–Trinajstić information content (AvgIpc) is 2.18. The first-order valence-electron chi connectivity index (χ1n) is 4.09. The topological polar surface area (TPSA) is 54.4 Å². The van der Waals surface area contributed by atoms with Crippen molar-refractivity contribution in [3.8, 4) is 0 Å². The lowest BCUT2D eigenvalue weighted by Gasteiger charge is -2.09. The number of rotatable bonds is 3. The lowest BCUT2D eigenvalue weighted by molar-refractivity contribution is 0.108. The Kier molecular flexibility index (Phi) is 3.48. The third kappa shape index (κ3) is 2.44. The molecule has 0 saturated heterocycles. The molecule has 1 atom stereocenters. The fraction of sp³-hybridized carbons (Fsp3) is 0.222. The van der Waals surface area contributed by atoms with Gasteiger partial charge in [0.15, 0.2) is 0 Å². The van der Waals surface area contributed by atoms with Crippen LogP contribution in [0.5, 0.6) is 0 Å². The van der Waals surface area contributed by atoms with Crippen LogP contribution in [0.4, 0.5) is 0 Å². The van der Waals surface area contributed by atoms with Crippen LogP contribution in [0.2, 0.25) is 0 Å². The number of hydrogen-bond donors (Lipinski definition) is 1. The van der Waals surface area contributed by atoms with Gasteiger partial charge in [0, 0.05) is 17.0 Å². The van der Waals surface area contributed by atoms with Gasteiger partial charge in [-0.05, 0) is 23.7 Å². The highest BCUT2D eigenvalue weighted by molar-refractivity contribution is 7.66. The summed E-state index contributed by atoms with van der Waals surface area (Å²) in [7, 11) is -3.30. The van der Waals surface area contributed by atoms with E-state index in [1.807, 2.05) is 0 Å². The van der Waals surface area contributed by atoms with Gasteiger partial charge >= 0.3 is 0 Å². The SMILES string of the molecule is CCP(=O)(O)c1cccc(C(=O)Cl)c1. The number of hydrogen-bond acceptors (Lipinski definition) is 2. The van der Waals surface area contributed by atoms with Crippen molar-refractivity contribution in [1.29, 1.82) is 0 Å². The van der Waals surface area contributed by atoms with Gasteiger partial charge in [0.25, 0.3) is 5.24 Å². The molecule has 1 aromatic rings. The summed E-state index contributed by atoms with van der Waals surface area (Å²) in [4.78, 5) is 20.3. The fourth-order valence-electron chi connectivity index (χ4n) is 1.03. The van der Waals surface area contributed by atoms with Gasteiger partial charge in [-0.1, -0.05) is 19.1 Å². The summed E-state index contributed by atoms with van der Waals surface area (Å²) in [5.41, 5.74) is 0.242. The minimum Gasteiger partial charge on any atom is -0.341 e. The van der Waals surface area contributed by atoms with Gasteiger partial charge < -0.3 is 4.89 Å².